The van der Waals surface area contributed by atoms with Gasteiger partial charge in [-0.25, -0.2) is 0 Å². The first-order chi connectivity index (χ1) is 10.3. The fourth-order valence-corrected chi connectivity index (χ4v) is 3.17. The molecule has 1 aromatic carbocycles. The monoisotopic (exact) mass is 282 g/mol. The molecule has 1 aliphatic rings. The van der Waals surface area contributed by atoms with E-state index in [4.69, 9.17) is 4.42 Å². The van der Waals surface area contributed by atoms with Crippen LogP contribution in [0.15, 0.2) is 41.0 Å². The third-order valence-electron chi connectivity index (χ3n) is 4.52. The summed E-state index contributed by atoms with van der Waals surface area (Å²) < 4.78 is 5.68. The summed E-state index contributed by atoms with van der Waals surface area (Å²) in [5, 5.41) is 0. The van der Waals surface area contributed by atoms with Crippen molar-refractivity contribution in [3.8, 4) is 0 Å². The van der Waals surface area contributed by atoms with Crippen molar-refractivity contribution in [2.24, 2.45) is 0 Å². The Morgan fingerprint density at radius 3 is 2.52 bits per heavy atom. The number of carbonyl (C=O) groups excluding carboxylic acids is 1. The van der Waals surface area contributed by atoms with E-state index in [-0.39, 0.29) is 11.7 Å². The van der Waals surface area contributed by atoms with Crippen molar-refractivity contribution in [1.82, 2.24) is 0 Å². The maximum atomic E-state index is 12.8. The number of fused-ring (bicyclic) bond motifs is 1. The Labute approximate surface area is 126 Å². The molecule has 0 saturated heterocycles. The van der Waals surface area contributed by atoms with Gasteiger partial charge in [-0.15, -0.1) is 0 Å². The first kappa shape index (κ1) is 14.1. The van der Waals surface area contributed by atoms with E-state index in [1.165, 1.54) is 30.4 Å². The maximum absolute atomic E-state index is 12.8. The zero-order valence-corrected chi connectivity index (χ0v) is 12.6. The molecule has 1 atom stereocenters. The lowest BCUT2D eigenvalue weighted by atomic mass is 9.90. The molecule has 0 aliphatic heterocycles. The number of hydrogen-bond donors (Lipinski definition) is 0. The fraction of sp³-hybridized carbons (Fsp3) is 0.421. The second kappa shape index (κ2) is 6.30. The number of aryl methyl sites for hydroxylation is 1. The van der Waals surface area contributed by atoms with E-state index in [9.17, 15) is 4.79 Å². The van der Waals surface area contributed by atoms with Gasteiger partial charge in [0.15, 0.2) is 5.76 Å². The zero-order valence-electron chi connectivity index (χ0n) is 12.6. The minimum Gasteiger partial charge on any atom is -0.461 e. The smallest absolute Gasteiger partial charge is 0.205 e. The molecule has 2 heteroatoms. The van der Waals surface area contributed by atoms with Crippen molar-refractivity contribution in [2.75, 3.05) is 0 Å². The Balaban J connectivity index is 1.88. The molecule has 1 unspecified atom stereocenters. The Morgan fingerprint density at radius 1 is 1.05 bits per heavy atom. The highest BCUT2D eigenvalue weighted by Gasteiger charge is 2.25. The number of Topliss-reactive ketones (excluding diaryl/α,β-unsaturated/α-hetero) is 1. The minimum atomic E-state index is -0.146. The van der Waals surface area contributed by atoms with Crippen molar-refractivity contribution in [2.45, 2.75) is 51.4 Å². The Kier molecular flexibility index (Phi) is 4.23. The number of ketones is 1. The number of hydrogen-bond acceptors (Lipinski definition) is 2. The number of rotatable bonds is 3. The van der Waals surface area contributed by atoms with E-state index < -0.39 is 0 Å². The normalized spacial score (nSPS) is 16.6. The molecule has 3 rings (SSSR count). The van der Waals surface area contributed by atoms with Gasteiger partial charge in [0.05, 0.1) is 6.26 Å². The van der Waals surface area contributed by atoms with E-state index in [0.29, 0.717) is 5.76 Å². The fourth-order valence-electron chi connectivity index (χ4n) is 3.17. The maximum Gasteiger partial charge on any atom is 0.205 e. The van der Waals surface area contributed by atoms with E-state index in [1.54, 1.807) is 0 Å². The molecule has 2 nitrogen and oxygen atoms in total. The molecular formula is C19H22O2. The molecule has 0 spiro atoms. The van der Waals surface area contributed by atoms with Crippen LogP contribution in [0.2, 0.25) is 0 Å². The zero-order chi connectivity index (χ0) is 14.7. The predicted molar refractivity (Wildman–Crippen MR) is 83.8 cm³/mol. The lowest BCUT2D eigenvalue weighted by molar-refractivity contribution is 0.0937. The molecule has 2 aromatic rings. The van der Waals surface area contributed by atoms with Crippen LogP contribution in [0.25, 0.3) is 0 Å². The third-order valence-corrected chi connectivity index (χ3v) is 4.52. The molecule has 0 amide bonds. The van der Waals surface area contributed by atoms with Crippen LogP contribution in [-0.4, -0.2) is 5.78 Å². The Morgan fingerprint density at radius 2 is 1.76 bits per heavy atom. The highest BCUT2D eigenvalue weighted by atomic mass is 16.3. The van der Waals surface area contributed by atoms with Crippen LogP contribution in [0, 0.1) is 0 Å². The summed E-state index contributed by atoms with van der Waals surface area (Å²) in [5.41, 5.74) is 3.47. The van der Waals surface area contributed by atoms with Gasteiger partial charge in [-0.3, -0.25) is 4.79 Å². The van der Waals surface area contributed by atoms with Crippen LogP contribution >= 0.6 is 0 Å². The van der Waals surface area contributed by atoms with Gasteiger partial charge in [-0.05, 0) is 36.8 Å². The largest absolute Gasteiger partial charge is 0.461 e. The highest BCUT2D eigenvalue weighted by molar-refractivity contribution is 5.99. The number of benzene rings is 1. The first-order valence-electron chi connectivity index (χ1n) is 7.96. The van der Waals surface area contributed by atoms with Crippen molar-refractivity contribution >= 4 is 5.78 Å². The van der Waals surface area contributed by atoms with Crippen LogP contribution in [0.4, 0.5) is 0 Å². The second-order valence-corrected chi connectivity index (χ2v) is 5.98. The lowest BCUT2D eigenvalue weighted by Gasteiger charge is -2.12. The lowest BCUT2D eigenvalue weighted by Crippen LogP contribution is -2.11. The quantitative estimate of drug-likeness (QED) is 0.747. The van der Waals surface area contributed by atoms with Crippen molar-refractivity contribution in [3.63, 3.8) is 0 Å². The SMILES string of the molecule is CC(C(=O)c1occ2c1CCCCCC2)c1ccccc1. The average Bonchev–Trinajstić information content (AvgIpc) is 2.88. The summed E-state index contributed by atoms with van der Waals surface area (Å²) in [6.07, 6.45) is 8.74. The second-order valence-electron chi connectivity index (χ2n) is 5.98. The number of carbonyl (C=O) groups is 1. The van der Waals surface area contributed by atoms with Crippen molar-refractivity contribution < 1.29 is 9.21 Å². The highest BCUT2D eigenvalue weighted by Crippen LogP contribution is 2.29. The molecule has 1 aromatic heterocycles. The molecule has 1 aliphatic carbocycles. The summed E-state index contributed by atoms with van der Waals surface area (Å²) in [6.45, 7) is 1.97. The average molecular weight is 282 g/mol. The molecule has 0 radical (unpaired) electrons. The Hall–Kier alpha value is -1.83. The van der Waals surface area contributed by atoms with Gasteiger partial charge in [-0.1, -0.05) is 50.1 Å². The topological polar surface area (TPSA) is 30.2 Å². The molecular weight excluding hydrogens is 260 g/mol. The van der Waals surface area contributed by atoms with Crippen LogP contribution < -0.4 is 0 Å². The van der Waals surface area contributed by atoms with Crippen LogP contribution in [-0.2, 0) is 12.8 Å². The standard InChI is InChI=1S/C19H22O2/c1-14(15-9-6-4-7-10-15)18(20)19-17-12-8-3-2-5-11-16(17)13-21-19/h4,6-7,9-10,13-14H,2-3,5,8,11-12H2,1H3. The van der Waals surface area contributed by atoms with Gasteiger partial charge in [0, 0.05) is 11.5 Å². The summed E-state index contributed by atoms with van der Waals surface area (Å²) in [4.78, 5) is 12.8. The summed E-state index contributed by atoms with van der Waals surface area (Å²) in [7, 11) is 0. The van der Waals surface area contributed by atoms with E-state index >= 15 is 0 Å². The van der Waals surface area contributed by atoms with Crippen molar-refractivity contribution in [3.05, 3.63) is 59.0 Å². The van der Waals surface area contributed by atoms with Gasteiger partial charge >= 0.3 is 0 Å². The first-order valence-corrected chi connectivity index (χ1v) is 7.96. The molecule has 1 heterocycles. The molecule has 0 bridgehead atoms. The van der Waals surface area contributed by atoms with E-state index in [1.807, 2.05) is 43.5 Å². The third kappa shape index (κ3) is 2.94. The van der Waals surface area contributed by atoms with Crippen LogP contribution in [0.3, 0.4) is 0 Å². The summed E-state index contributed by atoms with van der Waals surface area (Å²) in [6, 6.07) is 9.95. The molecule has 0 fully saturated rings. The van der Waals surface area contributed by atoms with Crippen molar-refractivity contribution in [1.29, 1.82) is 0 Å². The minimum absolute atomic E-state index is 0.114. The van der Waals surface area contributed by atoms with E-state index in [2.05, 4.69) is 0 Å². The summed E-state index contributed by atoms with van der Waals surface area (Å²) >= 11 is 0. The summed E-state index contributed by atoms with van der Waals surface area (Å²) in [5.74, 6) is 0.568. The molecule has 0 N–H and O–H groups in total. The Bertz CT molecular complexity index is 610. The van der Waals surface area contributed by atoms with Crippen LogP contribution in [0.5, 0.6) is 0 Å². The van der Waals surface area contributed by atoms with Gasteiger partial charge in [-0.2, -0.15) is 0 Å². The molecule has 21 heavy (non-hydrogen) atoms. The molecule has 0 saturated carbocycles. The van der Waals surface area contributed by atoms with Crippen LogP contribution in [0.1, 0.15) is 65.8 Å². The van der Waals surface area contributed by atoms with Gasteiger partial charge in [0.25, 0.3) is 0 Å². The molecule has 110 valence electrons. The predicted octanol–water partition coefficient (Wildman–Crippen LogP) is 4.93. The van der Waals surface area contributed by atoms with Gasteiger partial charge in [0.2, 0.25) is 5.78 Å². The van der Waals surface area contributed by atoms with Gasteiger partial charge < -0.3 is 4.42 Å². The van der Waals surface area contributed by atoms with Gasteiger partial charge in [0.1, 0.15) is 0 Å². The van der Waals surface area contributed by atoms with E-state index in [0.717, 1.165) is 24.8 Å². The number of furan rings is 1.